The molecule has 106 valence electrons. The molecular formula is C16H27N3. The second-order valence-electron chi connectivity index (χ2n) is 6.43. The summed E-state index contributed by atoms with van der Waals surface area (Å²) >= 11 is 0. The normalized spacial score (nSPS) is 25.5. The highest BCUT2D eigenvalue weighted by atomic mass is 14.8. The first-order valence-electron chi connectivity index (χ1n) is 7.46. The maximum absolute atomic E-state index is 6.44. The highest BCUT2D eigenvalue weighted by Crippen LogP contribution is 2.39. The van der Waals surface area contributed by atoms with E-state index in [1.165, 1.54) is 25.7 Å². The topological polar surface area (TPSA) is 64.9 Å². The second-order valence-corrected chi connectivity index (χ2v) is 6.43. The summed E-state index contributed by atoms with van der Waals surface area (Å²) in [5.41, 5.74) is 14.6. The molecular weight excluding hydrogens is 234 g/mol. The number of aromatic nitrogens is 1. The van der Waals surface area contributed by atoms with Gasteiger partial charge in [0.15, 0.2) is 0 Å². The highest BCUT2D eigenvalue weighted by Gasteiger charge is 2.28. The Morgan fingerprint density at radius 3 is 2.32 bits per heavy atom. The van der Waals surface area contributed by atoms with Crippen LogP contribution in [-0.2, 0) is 0 Å². The third-order valence-corrected chi connectivity index (χ3v) is 4.71. The van der Waals surface area contributed by atoms with Crippen LogP contribution in [0.3, 0.4) is 0 Å². The fraction of sp³-hybridized carbons (Fsp3) is 0.688. The molecule has 0 amide bonds. The standard InChI is InChI=1S/C16H27N3/c1-10(2)12-4-6-13(7-5-12)15(17)14-8-11(3)9-19-16(14)18/h8-10,12-13,15H,4-7,17H2,1-3H3,(H2,18,19). The molecule has 4 N–H and O–H groups in total. The van der Waals surface area contributed by atoms with E-state index in [9.17, 15) is 0 Å². The Hall–Kier alpha value is -1.09. The first-order valence-corrected chi connectivity index (χ1v) is 7.46. The lowest BCUT2D eigenvalue weighted by atomic mass is 9.73. The number of aryl methyl sites for hydroxylation is 1. The number of hydrogen-bond acceptors (Lipinski definition) is 3. The Bertz CT molecular complexity index is 420. The van der Waals surface area contributed by atoms with Crippen molar-refractivity contribution in [3.05, 3.63) is 23.4 Å². The minimum absolute atomic E-state index is 0.0421. The number of pyridine rings is 1. The quantitative estimate of drug-likeness (QED) is 0.876. The third kappa shape index (κ3) is 3.27. The number of nitrogens with zero attached hydrogens (tertiary/aromatic N) is 1. The maximum Gasteiger partial charge on any atom is 0.128 e. The lowest BCUT2D eigenvalue weighted by molar-refractivity contribution is 0.204. The van der Waals surface area contributed by atoms with E-state index in [0.717, 1.165) is 23.0 Å². The van der Waals surface area contributed by atoms with Gasteiger partial charge in [0, 0.05) is 17.8 Å². The van der Waals surface area contributed by atoms with Gasteiger partial charge in [0.25, 0.3) is 0 Å². The fourth-order valence-corrected chi connectivity index (χ4v) is 3.29. The van der Waals surface area contributed by atoms with E-state index in [1.807, 2.05) is 6.92 Å². The molecule has 1 unspecified atom stereocenters. The number of nitrogens with two attached hydrogens (primary N) is 2. The Morgan fingerprint density at radius 2 is 1.74 bits per heavy atom. The van der Waals surface area contributed by atoms with Crippen molar-refractivity contribution < 1.29 is 0 Å². The van der Waals surface area contributed by atoms with Crippen LogP contribution in [0.2, 0.25) is 0 Å². The summed E-state index contributed by atoms with van der Waals surface area (Å²) < 4.78 is 0. The molecule has 1 heterocycles. The first kappa shape index (κ1) is 14.3. The highest BCUT2D eigenvalue weighted by molar-refractivity contribution is 5.43. The average molecular weight is 261 g/mol. The second kappa shape index (κ2) is 5.91. The summed E-state index contributed by atoms with van der Waals surface area (Å²) in [6, 6.07) is 2.14. The molecule has 1 aliphatic rings. The molecule has 0 bridgehead atoms. The predicted octanol–water partition coefficient (Wildman–Crippen LogP) is 3.43. The Kier molecular flexibility index (Phi) is 4.46. The number of hydrogen-bond donors (Lipinski definition) is 2. The van der Waals surface area contributed by atoms with E-state index in [4.69, 9.17) is 11.5 Å². The van der Waals surface area contributed by atoms with Gasteiger partial charge in [-0.2, -0.15) is 0 Å². The van der Waals surface area contributed by atoms with E-state index >= 15 is 0 Å². The van der Waals surface area contributed by atoms with Gasteiger partial charge in [0.1, 0.15) is 5.82 Å². The van der Waals surface area contributed by atoms with Crippen LogP contribution in [0.1, 0.15) is 56.7 Å². The maximum atomic E-state index is 6.44. The molecule has 0 saturated heterocycles. The largest absolute Gasteiger partial charge is 0.383 e. The van der Waals surface area contributed by atoms with Crippen LogP contribution in [0.4, 0.5) is 5.82 Å². The van der Waals surface area contributed by atoms with E-state index in [2.05, 4.69) is 24.9 Å². The smallest absolute Gasteiger partial charge is 0.128 e. The van der Waals surface area contributed by atoms with Crippen LogP contribution in [0, 0.1) is 24.7 Å². The van der Waals surface area contributed by atoms with Gasteiger partial charge in [-0.15, -0.1) is 0 Å². The Morgan fingerprint density at radius 1 is 1.16 bits per heavy atom. The van der Waals surface area contributed by atoms with Crippen molar-refractivity contribution >= 4 is 5.82 Å². The van der Waals surface area contributed by atoms with Crippen LogP contribution < -0.4 is 11.5 Å². The van der Waals surface area contributed by atoms with E-state index in [1.54, 1.807) is 6.20 Å². The minimum atomic E-state index is 0.0421. The molecule has 1 fully saturated rings. The zero-order chi connectivity index (χ0) is 14.0. The first-order chi connectivity index (χ1) is 8.99. The number of rotatable bonds is 3. The van der Waals surface area contributed by atoms with Gasteiger partial charge in [-0.3, -0.25) is 0 Å². The molecule has 1 aromatic heterocycles. The molecule has 1 aliphatic carbocycles. The summed E-state index contributed by atoms with van der Waals surface area (Å²) in [7, 11) is 0. The van der Waals surface area contributed by atoms with Crippen LogP contribution in [0.5, 0.6) is 0 Å². The van der Waals surface area contributed by atoms with Crippen molar-refractivity contribution in [1.29, 1.82) is 0 Å². The van der Waals surface area contributed by atoms with Crippen LogP contribution in [0.25, 0.3) is 0 Å². The zero-order valence-corrected chi connectivity index (χ0v) is 12.4. The SMILES string of the molecule is Cc1cnc(N)c(C(N)C2CCC(C(C)C)CC2)c1. The van der Waals surface area contributed by atoms with Gasteiger partial charge >= 0.3 is 0 Å². The summed E-state index contributed by atoms with van der Waals surface area (Å²) in [4.78, 5) is 4.24. The molecule has 0 spiro atoms. The van der Waals surface area contributed by atoms with Gasteiger partial charge in [-0.25, -0.2) is 4.98 Å². The summed E-state index contributed by atoms with van der Waals surface area (Å²) in [5.74, 6) is 2.82. The van der Waals surface area contributed by atoms with Crippen molar-refractivity contribution in [3.63, 3.8) is 0 Å². The minimum Gasteiger partial charge on any atom is -0.383 e. The van der Waals surface area contributed by atoms with Crippen LogP contribution >= 0.6 is 0 Å². The van der Waals surface area contributed by atoms with Gasteiger partial charge < -0.3 is 11.5 Å². The number of anilines is 1. The lowest BCUT2D eigenvalue weighted by Crippen LogP contribution is -2.28. The molecule has 1 saturated carbocycles. The molecule has 3 heteroatoms. The predicted molar refractivity (Wildman–Crippen MR) is 80.6 cm³/mol. The molecule has 0 aliphatic heterocycles. The van der Waals surface area contributed by atoms with Gasteiger partial charge in [0.2, 0.25) is 0 Å². The zero-order valence-electron chi connectivity index (χ0n) is 12.4. The Labute approximate surface area is 116 Å². The fourth-order valence-electron chi connectivity index (χ4n) is 3.29. The third-order valence-electron chi connectivity index (χ3n) is 4.71. The Balaban J connectivity index is 2.05. The molecule has 1 atom stereocenters. The molecule has 1 aromatic rings. The van der Waals surface area contributed by atoms with E-state index in [-0.39, 0.29) is 6.04 Å². The summed E-state index contributed by atoms with van der Waals surface area (Å²) in [6.45, 7) is 6.69. The van der Waals surface area contributed by atoms with Crippen molar-refractivity contribution in [3.8, 4) is 0 Å². The van der Waals surface area contributed by atoms with Crippen LogP contribution in [0.15, 0.2) is 12.3 Å². The average Bonchev–Trinajstić information content (AvgIpc) is 2.41. The van der Waals surface area contributed by atoms with E-state index in [0.29, 0.717) is 11.7 Å². The van der Waals surface area contributed by atoms with Gasteiger partial charge in [0.05, 0.1) is 0 Å². The van der Waals surface area contributed by atoms with Crippen molar-refractivity contribution in [2.45, 2.75) is 52.5 Å². The van der Waals surface area contributed by atoms with Crippen molar-refractivity contribution in [2.24, 2.45) is 23.5 Å². The molecule has 19 heavy (non-hydrogen) atoms. The van der Waals surface area contributed by atoms with Crippen molar-refractivity contribution in [2.75, 3.05) is 5.73 Å². The lowest BCUT2D eigenvalue weighted by Gasteiger charge is -2.34. The van der Waals surface area contributed by atoms with E-state index < -0.39 is 0 Å². The number of nitrogen functional groups attached to an aromatic ring is 1. The van der Waals surface area contributed by atoms with Crippen LogP contribution in [-0.4, -0.2) is 4.98 Å². The van der Waals surface area contributed by atoms with Gasteiger partial charge in [-0.1, -0.05) is 13.8 Å². The summed E-state index contributed by atoms with van der Waals surface area (Å²) in [5, 5.41) is 0. The molecule has 0 aromatic carbocycles. The molecule has 2 rings (SSSR count). The summed E-state index contributed by atoms with van der Waals surface area (Å²) in [6.07, 6.45) is 6.85. The molecule has 3 nitrogen and oxygen atoms in total. The van der Waals surface area contributed by atoms with Gasteiger partial charge in [-0.05, 0) is 62.0 Å². The van der Waals surface area contributed by atoms with Crippen molar-refractivity contribution in [1.82, 2.24) is 4.98 Å². The monoisotopic (exact) mass is 261 g/mol. The molecule has 0 radical (unpaired) electrons.